The number of alkyl halides is 1. The molecule has 0 aliphatic heterocycles. The van der Waals surface area contributed by atoms with Gasteiger partial charge in [-0.25, -0.2) is 4.98 Å². The van der Waals surface area contributed by atoms with Crippen LogP contribution in [-0.4, -0.2) is 24.1 Å². The minimum absolute atomic E-state index is 0.0322. The first-order valence-electron chi connectivity index (χ1n) is 5.14. The van der Waals surface area contributed by atoms with Gasteiger partial charge in [0.1, 0.15) is 0 Å². The topological polar surface area (TPSA) is 51.2 Å². The molecule has 1 N–H and O–H groups in total. The van der Waals surface area contributed by atoms with Crippen LogP contribution in [0, 0.1) is 0 Å². The molecule has 1 rings (SSSR count). The van der Waals surface area contributed by atoms with Crippen molar-refractivity contribution >= 4 is 34.0 Å². The van der Waals surface area contributed by atoms with Crippen LogP contribution < -0.4 is 5.32 Å². The van der Waals surface area contributed by atoms with Crippen LogP contribution in [0.4, 0.5) is 5.13 Å². The minimum atomic E-state index is -0.0322. The van der Waals surface area contributed by atoms with Gasteiger partial charge in [-0.15, -0.1) is 22.9 Å². The number of carbonyl (C=O) groups is 1. The summed E-state index contributed by atoms with van der Waals surface area (Å²) in [6, 6.07) is 0. The fourth-order valence-electron chi connectivity index (χ4n) is 1.09. The smallest absolute Gasteiger partial charge is 0.226 e. The summed E-state index contributed by atoms with van der Waals surface area (Å²) < 4.78 is 5.15. The van der Waals surface area contributed by atoms with Crippen molar-refractivity contribution < 1.29 is 9.53 Å². The molecule has 6 heteroatoms. The first-order chi connectivity index (χ1) is 7.76. The minimum Gasteiger partial charge on any atom is -0.382 e. The molecule has 0 saturated heterocycles. The Kier molecular flexibility index (Phi) is 6.37. The second-order valence-corrected chi connectivity index (χ2v) is 4.25. The molecule has 0 aromatic carbocycles. The van der Waals surface area contributed by atoms with Gasteiger partial charge in [0.05, 0.1) is 11.6 Å². The van der Waals surface area contributed by atoms with Crippen LogP contribution in [0.25, 0.3) is 0 Å². The van der Waals surface area contributed by atoms with Crippen LogP contribution in [0.1, 0.15) is 25.5 Å². The van der Waals surface area contributed by atoms with E-state index < -0.39 is 0 Å². The highest BCUT2D eigenvalue weighted by Crippen LogP contribution is 2.16. The molecule has 0 aliphatic carbocycles. The lowest BCUT2D eigenvalue weighted by Gasteiger charge is -2.01. The zero-order valence-corrected chi connectivity index (χ0v) is 10.7. The molecule has 0 bridgehead atoms. The number of aromatic nitrogens is 1. The molecule has 0 aliphatic rings. The highest BCUT2D eigenvalue weighted by Gasteiger charge is 2.05. The van der Waals surface area contributed by atoms with E-state index >= 15 is 0 Å². The highest BCUT2D eigenvalue weighted by atomic mass is 35.5. The zero-order valence-electron chi connectivity index (χ0n) is 9.16. The van der Waals surface area contributed by atoms with E-state index in [1.807, 2.05) is 12.3 Å². The number of anilines is 1. The monoisotopic (exact) mass is 262 g/mol. The number of nitrogens with zero attached hydrogens (tertiary/aromatic N) is 1. The molecule has 1 heterocycles. The fourth-order valence-corrected chi connectivity index (χ4v) is 2.04. The maximum atomic E-state index is 11.4. The Balaban J connectivity index is 2.23. The van der Waals surface area contributed by atoms with E-state index in [1.165, 1.54) is 11.3 Å². The van der Waals surface area contributed by atoms with Gasteiger partial charge in [0.15, 0.2) is 5.13 Å². The normalized spacial score (nSPS) is 10.4. The van der Waals surface area contributed by atoms with Crippen LogP contribution in [0.2, 0.25) is 0 Å². The predicted octanol–water partition coefficient (Wildman–Crippen LogP) is 2.64. The number of halogens is 1. The van der Waals surface area contributed by atoms with Gasteiger partial charge in [0.2, 0.25) is 5.91 Å². The molecule has 1 aromatic heterocycles. The second-order valence-electron chi connectivity index (χ2n) is 3.13. The second kappa shape index (κ2) is 7.60. The number of amides is 1. The van der Waals surface area contributed by atoms with Gasteiger partial charge < -0.3 is 10.1 Å². The summed E-state index contributed by atoms with van der Waals surface area (Å²) >= 11 is 7.00. The van der Waals surface area contributed by atoms with E-state index in [2.05, 4.69) is 10.3 Å². The summed E-state index contributed by atoms with van der Waals surface area (Å²) in [7, 11) is 0. The van der Waals surface area contributed by atoms with Gasteiger partial charge in [-0.3, -0.25) is 4.79 Å². The van der Waals surface area contributed by atoms with Gasteiger partial charge in [0.25, 0.3) is 0 Å². The molecule has 1 aromatic rings. The van der Waals surface area contributed by atoms with Crippen molar-refractivity contribution in [3.63, 3.8) is 0 Å². The van der Waals surface area contributed by atoms with Crippen LogP contribution in [0.5, 0.6) is 0 Å². The van der Waals surface area contributed by atoms with Crippen molar-refractivity contribution in [2.45, 2.75) is 25.6 Å². The van der Waals surface area contributed by atoms with Crippen molar-refractivity contribution in [1.82, 2.24) is 4.98 Å². The summed E-state index contributed by atoms with van der Waals surface area (Å²) in [6.45, 7) is 3.24. The van der Waals surface area contributed by atoms with Crippen LogP contribution in [0.3, 0.4) is 0 Å². The third-order valence-corrected chi connectivity index (χ3v) is 2.91. The number of thiazole rings is 1. The maximum Gasteiger partial charge on any atom is 0.226 e. The van der Waals surface area contributed by atoms with Crippen molar-refractivity contribution in [2.24, 2.45) is 0 Å². The van der Waals surface area contributed by atoms with E-state index in [0.717, 1.165) is 12.1 Å². The lowest BCUT2D eigenvalue weighted by atomic mass is 10.3. The average molecular weight is 263 g/mol. The largest absolute Gasteiger partial charge is 0.382 e. The molecule has 0 saturated carbocycles. The third kappa shape index (κ3) is 4.92. The van der Waals surface area contributed by atoms with E-state index in [4.69, 9.17) is 16.3 Å². The Bertz CT molecular complexity index is 330. The standard InChI is InChI=1S/C10H15ClN2O2S/c1-2-15-5-3-4-9(14)13-10-12-8(6-11)7-16-10/h7H,2-6H2,1H3,(H,12,13,14). The molecule has 0 unspecified atom stereocenters. The molecule has 0 fully saturated rings. The van der Waals surface area contributed by atoms with Gasteiger partial charge >= 0.3 is 0 Å². The van der Waals surface area contributed by atoms with E-state index in [-0.39, 0.29) is 5.91 Å². The molecule has 4 nitrogen and oxygen atoms in total. The summed E-state index contributed by atoms with van der Waals surface area (Å²) in [5, 5.41) is 5.17. The molecule has 0 spiro atoms. The first-order valence-corrected chi connectivity index (χ1v) is 6.55. The summed E-state index contributed by atoms with van der Waals surface area (Å²) in [5.41, 5.74) is 0.788. The quantitative estimate of drug-likeness (QED) is 0.607. The Morgan fingerprint density at radius 1 is 1.69 bits per heavy atom. The lowest BCUT2D eigenvalue weighted by Crippen LogP contribution is -2.12. The molecule has 90 valence electrons. The van der Waals surface area contributed by atoms with Gasteiger partial charge in [-0.2, -0.15) is 0 Å². The van der Waals surface area contributed by atoms with Crippen LogP contribution in [-0.2, 0) is 15.4 Å². The van der Waals surface area contributed by atoms with Crippen molar-refractivity contribution in [2.75, 3.05) is 18.5 Å². The average Bonchev–Trinajstić information content (AvgIpc) is 2.72. The Morgan fingerprint density at radius 3 is 3.12 bits per heavy atom. The van der Waals surface area contributed by atoms with Crippen LogP contribution >= 0.6 is 22.9 Å². The Labute approximate surface area is 104 Å². The molecule has 16 heavy (non-hydrogen) atoms. The Morgan fingerprint density at radius 2 is 2.50 bits per heavy atom. The first kappa shape index (κ1) is 13.4. The summed E-state index contributed by atoms with van der Waals surface area (Å²) in [5.74, 6) is 0.339. The predicted molar refractivity (Wildman–Crippen MR) is 66.0 cm³/mol. The molecule has 1 amide bonds. The highest BCUT2D eigenvalue weighted by molar-refractivity contribution is 7.13. The molecule has 0 atom stereocenters. The summed E-state index contributed by atoms with van der Waals surface area (Å²) in [4.78, 5) is 15.6. The number of nitrogens with one attached hydrogen (secondary N) is 1. The van der Waals surface area contributed by atoms with Crippen molar-refractivity contribution in [3.8, 4) is 0 Å². The summed E-state index contributed by atoms with van der Waals surface area (Å²) in [6.07, 6.45) is 1.18. The zero-order chi connectivity index (χ0) is 11.8. The van der Waals surface area contributed by atoms with Gasteiger partial charge in [-0.05, 0) is 13.3 Å². The number of rotatable bonds is 7. The lowest BCUT2D eigenvalue weighted by molar-refractivity contribution is -0.116. The van der Waals surface area contributed by atoms with E-state index in [1.54, 1.807) is 0 Å². The van der Waals surface area contributed by atoms with Crippen molar-refractivity contribution in [3.05, 3.63) is 11.1 Å². The van der Waals surface area contributed by atoms with Gasteiger partial charge in [-0.1, -0.05) is 0 Å². The molecule has 0 radical (unpaired) electrons. The molecular weight excluding hydrogens is 248 g/mol. The SMILES string of the molecule is CCOCCCC(=O)Nc1nc(CCl)cs1. The van der Waals surface area contributed by atoms with Crippen LogP contribution in [0.15, 0.2) is 5.38 Å². The molecular formula is C10H15ClN2O2S. The maximum absolute atomic E-state index is 11.4. The number of hydrogen-bond acceptors (Lipinski definition) is 4. The van der Waals surface area contributed by atoms with E-state index in [9.17, 15) is 4.79 Å². The number of hydrogen-bond donors (Lipinski definition) is 1. The van der Waals surface area contributed by atoms with Gasteiger partial charge in [0, 0.05) is 25.0 Å². The third-order valence-electron chi connectivity index (χ3n) is 1.83. The fraction of sp³-hybridized carbons (Fsp3) is 0.600. The Hall–Kier alpha value is -0.650. The number of ether oxygens (including phenoxy) is 1. The number of carbonyl (C=O) groups excluding carboxylic acids is 1. The van der Waals surface area contributed by atoms with Crippen molar-refractivity contribution in [1.29, 1.82) is 0 Å². The van der Waals surface area contributed by atoms with E-state index in [0.29, 0.717) is 30.6 Å².